The minimum atomic E-state index is -3.92. The summed E-state index contributed by atoms with van der Waals surface area (Å²) in [5.41, 5.74) is 2.10. The lowest BCUT2D eigenvalue weighted by atomic mass is 9.84. The van der Waals surface area contributed by atoms with Gasteiger partial charge in [-0.2, -0.15) is 0 Å². The maximum atomic E-state index is 13.2. The van der Waals surface area contributed by atoms with Gasteiger partial charge in [0.15, 0.2) is 0 Å². The second-order valence-corrected chi connectivity index (χ2v) is 10.9. The molecule has 3 aromatic rings. The van der Waals surface area contributed by atoms with Crippen LogP contribution in [0.2, 0.25) is 0 Å². The summed E-state index contributed by atoms with van der Waals surface area (Å²) in [6.45, 7) is 0.132. The van der Waals surface area contributed by atoms with Gasteiger partial charge in [-0.3, -0.25) is 9.52 Å². The number of hydrogen-bond acceptors (Lipinski definition) is 6. The van der Waals surface area contributed by atoms with Crippen LogP contribution < -0.4 is 14.8 Å². The highest BCUT2D eigenvalue weighted by molar-refractivity contribution is 7.92. The van der Waals surface area contributed by atoms with Crippen molar-refractivity contribution in [3.63, 3.8) is 0 Å². The smallest absolute Gasteiger partial charge is 0.261 e. The van der Waals surface area contributed by atoms with Crippen molar-refractivity contribution in [2.75, 3.05) is 11.3 Å². The van der Waals surface area contributed by atoms with Crippen LogP contribution in [-0.4, -0.2) is 44.4 Å². The van der Waals surface area contributed by atoms with Gasteiger partial charge in [0.05, 0.1) is 24.0 Å². The van der Waals surface area contributed by atoms with Crippen molar-refractivity contribution in [2.24, 2.45) is 0 Å². The number of nitrogens with one attached hydrogen (secondary N) is 2. The van der Waals surface area contributed by atoms with Gasteiger partial charge in [0.1, 0.15) is 23.8 Å². The fourth-order valence-electron chi connectivity index (χ4n) is 4.86. The number of ether oxygens (including phenoxy) is 2. The monoisotopic (exact) mass is 526 g/mol. The number of sulfonamides is 1. The van der Waals surface area contributed by atoms with E-state index in [1.54, 1.807) is 18.2 Å². The summed E-state index contributed by atoms with van der Waals surface area (Å²) in [4.78, 5) is 12.5. The third kappa shape index (κ3) is 5.61. The molecule has 4 atom stereocenters. The summed E-state index contributed by atoms with van der Waals surface area (Å²) >= 11 is 0. The molecule has 0 unspecified atom stereocenters. The molecule has 1 amide bonds. The van der Waals surface area contributed by atoms with Gasteiger partial charge in [-0.25, -0.2) is 12.8 Å². The first-order valence-corrected chi connectivity index (χ1v) is 13.5. The maximum Gasteiger partial charge on any atom is 0.261 e. The van der Waals surface area contributed by atoms with Crippen LogP contribution in [0, 0.1) is 5.82 Å². The number of carbonyl (C=O) groups excluding carboxylic acids is 1. The van der Waals surface area contributed by atoms with Crippen molar-refractivity contribution in [1.29, 1.82) is 0 Å². The average Bonchev–Trinajstić information content (AvgIpc) is 3.25. The van der Waals surface area contributed by atoms with Crippen LogP contribution in [0.15, 0.2) is 77.7 Å². The number of aliphatic hydroxyl groups is 1. The number of rotatable bonds is 8. The minimum absolute atomic E-state index is 0.0588. The number of halogens is 1. The highest BCUT2D eigenvalue weighted by Gasteiger charge is 2.46. The number of carbonyl (C=O) groups is 1. The summed E-state index contributed by atoms with van der Waals surface area (Å²) < 4.78 is 53.3. The lowest BCUT2D eigenvalue weighted by Crippen LogP contribution is -2.47. The Morgan fingerprint density at radius 1 is 1.05 bits per heavy atom. The molecule has 0 radical (unpaired) electrons. The van der Waals surface area contributed by atoms with Crippen LogP contribution in [0.5, 0.6) is 5.75 Å². The Labute approximate surface area is 214 Å². The Kier molecular flexibility index (Phi) is 7.14. The lowest BCUT2D eigenvalue weighted by Gasteiger charge is -2.37. The summed E-state index contributed by atoms with van der Waals surface area (Å²) in [7, 11) is -3.92. The number of fused-ring (bicyclic) bond motifs is 3. The van der Waals surface area contributed by atoms with E-state index in [-0.39, 0.29) is 29.7 Å². The summed E-state index contributed by atoms with van der Waals surface area (Å²) in [6.07, 6.45) is -0.923. The van der Waals surface area contributed by atoms with Crippen molar-refractivity contribution in [3.05, 3.63) is 89.7 Å². The van der Waals surface area contributed by atoms with E-state index < -0.39 is 34.2 Å². The lowest BCUT2D eigenvalue weighted by molar-refractivity contribution is -0.142. The van der Waals surface area contributed by atoms with Gasteiger partial charge in [-0.05, 0) is 54.4 Å². The molecule has 2 heterocycles. The quantitative estimate of drug-likeness (QED) is 0.415. The number of anilines is 1. The molecular formula is C27H27FN2O6S. The summed E-state index contributed by atoms with van der Waals surface area (Å²) in [5, 5.41) is 12.8. The standard InChI is InChI=1S/C27H27FN2O6S/c28-18-6-9-21(10-7-18)37(33,34)30-19-8-11-24-22(12-19)23-13-20(35-25(16-31)27(23)36-24)14-26(32)29-15-17-4-2-1-3-5-17/h1-12,20,23,25,27,30-31H,13-16H2,(H,29,32)/t20-,23+,25+,27-/m1/s1. The average molecular weight is 527 g/mol. The minimum Gasteiger partial charge on any atom is -0.487 e. The molecule has 2 aliphatic heterocycles. The molecule has 10 heteroatoms. The summed E-state index contributed by atoms with van der Waals surface area (Å²) in [6, 6.07) is 19.1. The van der Waals surface area contributed by atoms with Gasteiger partial charge in [0.2, 0.25) is 5.91 Å². The molecule has 3 N–H and O–H groups in total. The molecule has 0 aliphatic carbocycles. The first-order chi connectivity index (χ1) is 17.8. The maximum absolute atomic E-state index is 13.2. The zero-order chi connectivity index (χ0) is 26.0. The van der Waals surface area contributed by atoms with Crippen molar-refractivity contribution in [2.45, 2.75) is 48.5 Å². The topological polar surface area (TPSA) is 114 Å². The molecule has 0 spiro atoms. The van der Waals surface area contributed by atoms with Gasteiger partial charge >= 0.3 is 0 Å². The van der Waals surface area contributed by atoms with Gasteiger partial charge in [-0.15, -0.1) is 0 Å². The van der Waals surface area contributed by atoms with Crippen LogP contribution in [-0.2, 0) is 26.1 Å². The zero-order valence-electron chi connectivity index (χ0n) is 19.8. The molecule has 3 aromatic carbocycles. The third-order valence-electron chi connectivity index (χ3n) is 6.62. The van der Waals surface area contributed by atoms with E-state index in [0.29, 0.717) is 24.4 Å². The van der Waals surface area contributed by atoms with Crippen LogP contribution in [0.4, 0.5) is 10.1 Å². The van der Waals surface area contributed by atoms with E-state index >= 15 is 0 Å². The number of benzene rings is 3. The fraction of sp³-hybridized carbons (Fsp3) is 0.296. The van der Waals surface area contributed by atoms with E-state index in [4.69, 9.17) is 9.47 Å². The van der Waals surface area contributed by atoms with E-state index in [9.17, 15) is 22.7 Å². The molecule has 8 nitrogen and oxygen atoms in total. The fourth-order valence-corrected chi connectivity index (χ4v) is 5.91. The van der Waals surface area contributed by atoms with Crippen LogP contribution >= 0.6 is 0 Å². The Balaban J connectivity index is 1.29. The number of aliphatic hydroxyl groups excluding tert-OH is 1. The third-order valence-corrected chi connectivity index (χ3v) is 8.02. The molecule has 0 aromatic heterocycles. The number of hydrogen-bond donors (Lipinski definition) is 3. The second-order valence-electron chi connectivity index (χ2n) is 9.18. The molecule has 1 saturated heterocycles. The molecule has 1 fully saturated rings. The Morgan fingerprint density at radius 2 is 1.81 bits per heavy atom. The Morgan fingerprint density at radius 3 is 2.54 bits per heavy atom. The van der Waals surface area contributed by atoms with Crippen molar-refractivity contribution in [3.8, 4) is 5.75 Å². The van der Waals surface area contributed by atoms with E-state index in [2.05, 4.69) is 10.0 Å². The second kappa shape index (κ2) is 10.5. The van der Waals surface area contributed by atoms with E-state index in [1.807, 2.05) is 30.3 Å². The highest BCUT2D eigenvalue weighted by Crippen LogP contribution is 2.47. The van der Waals surface area contributed by atoms with Gasteiger partial charge in [-0.1, -0.05) is 30.3 Å². The predicted octanol–water partition coefficient (Wildman–Crippen LogP) is 3.33. The largest absolute Gasteiger partial charge is 0.487 e. The van der Waals surface area contributed by atoms with Gasteiger partial charge in [0.25, 0.3) is 10.0 Å². The van der Waals surface area contributed by atoms with E-state index in [0.717, 1.165) is 23.3 Å². The van der Waals surface area contributed by atoms with Crippen molar-refractivity contribution < 1.29 is 32.2 Å². The molecule has 0 bridgehead atoms. The van der Waals surface area contributed by atoms with Crippen LogP contribution in [0.1, 0.15) is 29.9 Å². The number of amides is 1. The first kappa shape index (κ1) is 25.2. The SMILES string of the molecule is O=C(C[C@H]1C[C@H]2c3cc(NS(=O)(=O)c4ccc(F)cc4)ccc3O[C@H]2[C@H](CO)O1)NCc1ccccc1. The normalized spacial score (nSPS) is 22.4. The van der Waals surface area contributed by atoms with Gasteiger partial charge < -0.3 is 19.9 Å². The Hall–Kier alpha value is -3.47. The molecule has 37 heavy (non-hydrogen) atoms. The molecule has 0 saturated carbocycles. The predicted molar refractivity (Wildman–Crippen MR) is 134 cm³/mol. The molecule has 5 rings (SSSR count). The Bertz CT molecular complexity index is 1370. The van der Waals surface area contributed by atoms with Gasteiger partial charge in [0, 0.05) is 23.7 Å². The van der Waals surface area contributed by atoms with Crippen molar-refractivity contribution in [1.82, 2.24) is 5.32 Å². The molecule has 194 valence electrons. The van der Waals surface area contributed by atoms with Crippen LogP contribution in [0.25, 0.3) is 0 Å². The van der Waals surface area contributed by atoms with Crippen LogP contribution in [0.3, 0.4) is 0 Å². The molecule has 2 aliphatic rings. The highest BCUT2D eigenvalue weighted by atomic mass is 32.2. The molecular weight excluding hydrogens is 499 g/mol. The van der Waals surface area contributed by atoms with E-state index in [1.165, 1.54) is 12.1 Å². The van der Waals surface area contributed by atoms with Crippen molar-refractivity contribution >= 4 is 21.6 Å². The zero-order valence-corrected chi connectivity index (χ0v) is 20.7. The summed E-state index contributed by atoms with van der Waals surface area (Å²) in [5.74, 6) is -0.302. The first-order valence-electron chi connectivity index (χ1n) is 12.0.